The molecular weight excluding hydrogens is 317 g/mol. The monoisotopic (exact) mass is 341 g/mol. The van der Waals surface area contributed by atoms with E-state index in [1.54, 1.807) is 0 Å². The molecule has 0 aliphatic carbocycles. The van der Waals surface area contributed by atoms with Crippen molar-refractivity contribution in [1.82, 2.24) is 0 Å². The van der Waals surface area contributed by atoms with Gasteiger partial charge in [-0.1, -0.05) is 60.7 Å². The van der Waals surface area contributed by atoms with E-state index in [2.05, 4.69) is 62.4 Å². The molecule has 2 aromatic rings. The predicted molar refractivity (Wildman–Crippen MR) is 102 cm³/mol. The van der Waals surface area contributed by atoms with E-state index in [9.17, 15) is 0 Å². The summed E-state index contributed by atoms with van der Waals surface area (Å²) in [6, 6.07) is 20.7. The van der Waals surface area contributed by atoms with E-state index in [0.29, 0.717) is 12.5 Å². The van der Waals surface area contributed by atoms with E-state index in [4.69, 9.17) is 14.3 Å². The number of rotatable bonds is 5. The highest BCUT2D eigenvalue weighted by Gasteiger charge is 2.39. The zero-order valence-electron chi connectivity index (χ0n) is 14.7. The molecule has 0 bridgehead atoms. The van der Waals surface area contributed by atoms with Gasteiger partial charge in [-0.2, -0.15) is 0 Å². The fraction of sp³-hybridized carbons (Fsp3) is 0.350. The van der Waals surface area contributed by atoms with Gasteiger partial charge < -0.3 is 9.26 Å². The third kappa shape index (κ3) is 3.85. The Morgan fingerprint density at radius 3 is 1.88 bits per heavy atom. The Kier molecular flexibility index (Phi) is 4.76. The van der Waals surface area contributed by atoms with Crippen molar-refractivity contribution in [2.24, 2.45) is 4.99 Å². The largest absolute Gasteiger partial charge is 0.476 e. The van der Waals surface area contributed by atoms with Crippen LogP contribution in [-0.4, -0.2) is 23.6 Å². The SMILES string of the molecule is CC1(C)COC(C(C)(C)OP(c2ccccc2)c2ccccc2)=N1. The van der Waals surface area contributed by atoms with E-state index in [1.807, 2.05) is 26.0 Å². The van der Waals surface area contributed by atoms with Crippen LogP contribution in [0.5, 0.6) is 0 Å². The molecule has 0 aromatic heterocycles. The maximum atomic E-state index is 6.60. The molecule has 0 saturated carbocycles. The molecule has 3 nitrogen and oxygen atoms in total. The van der Waals surface area contributed by atoms with E-state index >= 15 is 0 Å². The molecule has 3 rings (SSSR count). The van der Waals surface area contributed by atoms with Crippen molar-refractivity contribution in [2.45, 2.75) is 38.8 Å². The first kappa shape index (κ1) is 17.1. The highest BCUT2D eigenvalue weighted by Crippen LogP contribution is 2.41. The minimum Gasteiger partial charge on any atom is -0.476 e. The van der Waals surface area contributed by atoms with Gasteiger partial charge in [-0.25, -0.2) is 4.99 Å². The van der Waals surface area contributed by atoms with Crippen molar-refractivity contribution >= 4 is 24.7 Å². The molecule has 1 aliphatic heterocycles. The molecule has 0 spiro atoms. The van der Waals surface area contributed by atoms with Gasteiger partial charge in [0, 0.05) is 10.6 Å². The second kappa shape index (κ2) is 6.66. The van der Waals surface area contributed by atoms with Gasteiger partial charge in [0.1, 0.15) is 12.2 Å². The molecule has 126 valence electrons. The third-order valence-electron chi connectivity index (χ3n) is 3.78. The van der Waals surface area contributed by atoms with Gasteiger partial charge in [0.15, 0.2) is 0 Å². The smallest absolute Gasteiger partial charge is 0.217 e. The molecule has 0 atom stereocenters. The predicted octanol–water partition coefficient (Wildman–Crippen LogP) is 4.04. The van der Waals surface area contributed by atoms with Gasteiger partial charge in [0.25, 0.3) is 0 Å². The van der Waals surface area contributed by atoms with Crippen LogP contribution < -0.4 is 10.6 Å². The minimum atomic E-state index is -0.947. The number of nitrogens with zero attached hydrogens (tertiary/aromatic N) is 1. The summed E-state index contributed by atoms with van der Waals surface area (Å²) in [5.41, 5.74) is -0.761. The lowest BCUT2D eigenvalue weighted by molar-refractivity contribution is 0.163. The Hall–Kier alpha value is -1.70. The number of hydrogen-bond acceptors (Lipinski definition) is 3. The molecular formula is C20H24NO2P. The van der Waals surface area contributed by atoms with Gasteiger partial charge >= 0.3 is 0 Å². The minimum absolute atomic E-state index is 0.182. The molecule has 0 radical (unpaired) electrons. The molecule has 4 heteroatoms. The molecule has 0 unspecified atom stereocenters. The lowest BCUT2D eigenvalue weighted by Gasteiger charge is -2.30. The summed E-state index contributed by atoms with van der Waals surface area (Å²) in [6.45, 7) is 8.83. The van der Waals surface area contributed by atoms with Crippen molar-refractivity contribution in [1.29, 1.82) is 0 Å². The molecule has 0 N–H and O–H groups in total. The van der Waals surface area contributed by atoms with Crippen LogP contribution in [-0.2, 0) is 9.26 Å². The average molecular weight is 341 g/mol. The first-order chi connectivity index (χ1) is 11.4. The van der Waals surface area contributed by atoms with E-state index < -0.39 is 13.7 Å². The van der Waals surface area contributed by atoms with Crippen LogP contribution in [0.1, 0.15) is 27.7 Å². The molecule has 1 aliphatic rings. The Labute approximate surface area is 145 Å². The quantitative estimate of drug-likeness (QED) is 0.769. The summed E-state index contributed by atoms with van der Waals surface area (Å²) in [5.74, 6) is 0.687. The first-order valence-electron chi connectivity index (χ1n) is 8.20. The Bertz CT molecular complexity index is 671. The van der Waals surface area contributed by atoms with Crippen LogP contribution >= 0.6 is 8.15 Å². The van der Waals surface area contributed by atoms with Gasteiger partial charge in [0.2, 0.25) is 5.90 Å². The molecule has 2 aromatic carbocycles. The normalized spacial score (nSPS) is 16.8. The summed E-state index contributed by atoms with van der Waals surface area (Å²) in [5, 5.41) is 2.37. The summed E-state index contributed by atoms with van der Waals surface area (Å²) < 4.78 is 12.4. The molecule has 1 heterocycles. The maximum Gasteiger partial charge on any atom is 0.217 e. The van der Waals surface area contributed by atoms with E-state index in [0.717, 1.165) is 0 Å². The molecule has 0 amide bonds. The van der Waals surface area contributed by atoms with Gasteiger partial charge in [-0.05, 0) is 27.7 Å². The first-order valence-corrected chi connectivity index (χ1v) is 9.46. The van der Waals surface area contributed by atoms with Crippen LogP contribution in [0, 0.1) is 0 Å². The maximum absolute atomic E-state index is 6.60. The van der Waals surface area contributed by atoms with Gasteiger partial charge in [-0.3, -0.25) is 0 Å². The second-order valence-electron chi connectivity index (χ2n) is 7.09. The van der Waals surface area contributed by atoms with Crippen molar-refractivity contribution in [3.05, 3.63) is 60.7 Å². The van der Waals surface area contributed by atoms with Gasteiger partial charge in [-0.15, -0.1) is 0 Å². The number of hydrogen-bond donors (Lipinski definition) is 0. The number of aliphatic imine (C=N–C) groups is 1. The number of ether oxygens (including phenoxy) is 1. The molecule has 24 heavy (non-hydrogen) atoms. The zero-order valence-corrected chi connectivity index (χ0v) is 15.6. The molecule has 0 saturated heterocycles. The van der Waals surface area contributed by atoms with Crippen LogP contribution in [0.4, 0.5) is 0 Å². The van der Waals surface area contributed by atoms with Crippen molar-refractivity contribution < 1.29 is 9.26 Å². The van der Waals surface area contributed by atoms with E-state index in [-0.39, 0.29) is 5.54 Å². The highest BCUT2D eigenvalue weighted by atomic mass is 31.1. The fourth-order valence-corrected chi connectivity index (χ4v) is 4.47. The third-order valence-corrected chi connectivity index (χ3v) is 5.96. The van der Waals surface area contributed by atoms with Crippen LogP contribution in [0.25, 0.3) is 0 Å². The van der Waals surface area contributed by atoms with Crippen LogP contribution in [0.2, 0.25) is 0 Å². The Morgan fingerprint density at radius 2 is 1.46 bits per heavy atom. The Balaban J connectivity index is 1.93. The van der Waals surface area contributed by atoms with Crippen molar-refractivity contribution in [3.63, 3.8) is 0 Å². The Morgan fingerprint density at radius 1 is 0.958 bits per heavy atom. The molecule has 0 fully saturated rings. The summed E-state index contributed by atoms with van der Waals surface area (Å²) in [7, 11) is -0.947. The van der Waals surface area contributed by atoms with Crippen molar-refractivity contribution in [2.75, 3.05) is 6.61 Å². The fourth-order valence-electron chi connectivity index (χ4n) is 2.54. The van der Waals surface area contributed by atoms with E-state index in [1.165, 1.54) is 10.6 Å². The summed E-state index contributed by atoms with van der Waals surface area (Å²) in [6.07, 6.45) is 0. The average Bonchev–Trinajstić information content (AvgIpc) is 2.95. The summed E-state index contributed by atoms with van der Waals surface area (Å²) in [4.78, 5) is 4.71. The topological polar surface area (TPSA) is 30.8 Å². The standard InChI is InChI=1S/C20H24NO2P/c1-19(2)15-22-18(21-19)20(3,4)23-24(16-11-7-5-8-12-16)17-13-9-6-10-14-17/h5-14H,15H2,1-4H3. The second-order valence-corrected chi connectivity index (χ2v) is 8.89. The lowest BCUT2D eigenvalue weighted by Crippen LogP contribution is -2.36. The highest BCUT2D eigenvalue weighted by molar-refractivity contribution is 7.68. The van der Waals surface area contributed by atoms with Crippen molar-refractivity contribution in [3.8, 4) is 0 Å². The van der Waals surface area contributed by atoms with Crippen LogP contribution in [0.3, 0.4) is 0 Å². The van der Waals surface area contributed by atoms with Gasteiger partial charge in [0.05, 0.1) is 13.7 Å². The summed E-state index contributed by atoms with van der Waals surface area (Å²) >= 11 is 0. The number of benzene rings is 2. The zero-order chi connectivity index (χ0) is 17.2. The lowest BCUT2D eigenvalue weighted by atomic mass is 10.1. The van der Waals surface area contributed by atoms with Crippen LogP contribution in [0.15, 0.2) is 65.7 Å².